The largest absolute Gasteiger partial charge is 0.290 e. The molecule has 10 heavy (non-hydrogen) atoms. The molecular weight excluding hydrogens is 124 g/mol. The number of carbonyl (C=O) groups excluding carboxylic acids is 1. The van der Waals surface area contributed by atoms with Crippen molar-refractivity contribution in [2.75, 3.05) is 0 Å². The predicted octanol–water partition coefficient (Wildman–Crippen LogP) is 2.10. The molecule has 0 aromatic rings. The zero-order valence-electron chi connectivity index (χ0n) is 6.42. The Hall–Kier alpha value is -0.850. The van der Waals surface area contributed by atoms with Crippen molar-refractivity contribution in [1.82, 2.24) is 0 Å². The molecule has 1 aliphatic rings. The van der Waals surface area contributed by atoms with Gasteiger partial charge < -0.3 is 0 Å². The molecule has 1 rings (SSSR count). The van der Waals surface area contributed by atoms with E-state index in [1.165, 1.54) is 0 Å². The zero-order valence-corrected chi connectivity index (χ0v) is 6.42. The second-order valence-corrected chi connectivity index (χ2v) is 3.33. The van der Waals surface area contributed by atoms with Crippen LogP contribution in [0.4, 0.5) is 0 Å². The molecule has 0 atom stereocenters. The molecule has 1 aliphatic carbocycles. The van der Waals surface area contributed by atoms with E-state index >= 15 is 0 Å². The standard InChI is InChI=1S/C9H12O/c1-9(2)6-3-4-8(10)5-7-9/h3-5,7H,6H2,1-2H3. The van der Waals surface area contributed by atoms with Crippen LogP contribution in [0.5, 0.6) is 0 Å². The Morgan fingerprint density at radius 3 is 2.80 bits per heavy atom. The molecule has 0 aromatic carbocycles. The highest BCUT2D eigenvalue weighted by molar-refractivity contribution is 5.99. The molecule has 0 bridgehead atoms. The summed E-state index contributed by atoms with van der Waals surface area (Å²) in [4.78, 5) is 10.8. The first kappa shape index (κ1) is 7.26. The topological polar surface area (TPSA) is 17.1 Å². The van der Waals surface area contributed by atoms with Gasteiger partial charge in [0, 0.05) is 0 Å². The lowest BCUT2D eigenvalue weighted by Crippen LogP contribution is -2.03. The van der Waals surface area contributed by atoms with Gasteiger partial charge in [-0.15, -0.1) is 0 Å². The zero-order chi connectivity index (χ0) is 7.61. The molecule has 0 N–H and O–H groups in total. The van der Waals surface area contributed by atoms with E-state index in [2.05, 4.69) is 13.8 Å². The van der Waals surface area contributed by atoms with Crippen LogP contribution in [0.3, 0.4) is 0 Å². The summed E-state index contributed by atoms with van der Waals surface area (Å²) >= 11 is 0. The third-order valence-electron chi connectivity index (χ3n) is 1.62. The molecule has 0 spiro atoms. The van der Waals surface area contributed by atoms with Crippen LogP contribution in [0.2, 0.25) is 0 Å². The first-order chi connectivity index (χ1) is 4.60. The maximum atomic E-state index is 10.8. The van der Waals surface area contributed by atoms with Crippen molar-refractivity contribution in [3.05, 3.63) is 24.3 Å². The highest BCUT2D eigenvalue weighted by atomic mass is 16.1. The molecule has 54 valence electrons. The molecule has 0 aliphatic heterocycles. The lowest BCUT2D eigenvalue weighted by molar-refractivity contribution is -0.110. The number of allylic oxidation sites excluding steroid dienone is 4. The number of rotatable bonds is 0. The van der Waals surface area contributed by atoms with Gasteiger partial charge in [0.25, 0.3) is 0 Å². The minimum Gasteiger partial charge on any atom is -0.290 e. The average molecular weight is 136 g/mol. The maximum absolute atomic E-state index is 10.8. The summed E-state index contributed by atoms with van der Waals surface area (Å²) in [6.45, 7) is 4.24. The first-order valence-electron chi connectivity index (χ1n) is 3.50. The van der Waals surface area contributed by atoms with Crippen LogP contribution >= 0.6 is 0 Å². The van der Waals surface area contributed by atoms with Crippen LogP contribution in [0.15, 0.2) is 24.3 Å². The highest BCUT2D eigenvalue weighted by Crippen LogP contribution is 2.24. The van der Waals surface area contributed by atoms with Gasteiger partial charge >= 0.3 is 0 Å². The Morgan fingerprint density at radius 1 is 1.40 bits per heavy atom. The monoisotopic (exact) mass is 136 g/mol. The van der Waals surface area contributed by atoms with Gasteiger partial charge in [0.2, 0.25) is 0 Å². The number of hydrogen-bond acceptors (Lipinski definition) is 1. The van der Waals surface area contributed by atoms with Gasteiger partial charge in [-0.2, -0.15) is 0 Å². The molecule has 0 heterocycles. The smallest absolute Gasteiger partial charge is 0.178 e. The van der Waals surface area contributed by atoms with Gasteiger partial charge in [-0.25, -0.2) is 0 Å². The van der Waals surface area contributed by atoms with Crippen LogP contribution in [-0.2, 0) is 4.79 Å². The summed E-state index contributed by atoms with van der Waals surface area (Å²) in [7, 11) is 0. The van der Waals surface area contributed by atoms with E-state index in [0.717, 1.165) is 6.42 Å². The van der Waals surface area contributed by atoms with Crippen molar-refractivity contribution in [2.24, 2.45) is 5.41 Å². The van der Waals surface area contributed by atoms with Crippen molar-refractivity contribution < 1.29 is 4.79 Å². The van der Waals surface area contributed by atoms with Gasteiger partial charge in [0.1, 0.15) is 0 Å². The molecule has 1 heteroatoms. The van der Waals surface area contributed by atoms with E-state index in [9.17, 15) is 4.79 Å². The van der Waals surface area contributed by atoms with E-state index in [0.29, 0.717) is 0 Å². The Bertz CT molecular complexity index is 197. The first-order valence-corrected chi connectivity index (χ1v) is 3.50. The Kier molecular flexibility index (Phi) is 1.75. The lowest BCUT2D eigenvalue weighted by atomic mass is 9.90. The fourth-order valence-electron chi connectivity index (χ4n) is 0.910. The second-order valence-electron chi connectivity index (χ2n) is 3.33. The van der Waals surface area contributed by atoms with Crippen molar-refractivity contribution >= 4 is 5.78 Å². The quantitative estimate of drug-likeness (QED) is 0.498. The van der Waals surface area contributed by atoms with E-state index in [4.69, 9.17) is 0 Å². The minimum absolute atomic E-state index is 0.102. The van der Waals surface area contributed by atoms with Crippen molar-refractivity contribution in [3.8, 4) is 0 Å². The van der Waals surface area contributed by atoms with Crippen LogP contribution in [-0.4, -0.2) is 5.78 Å². The summed E-state index contributed by atoms with van der Waals surface area (Å²) in [5.74, 6) is 0.102. The number of carbonyl (C=O) groups is 1. The fraction of sp³-hybridized carbons (Fsp3) is 0.444. The van der Waals surface area contributed by atoms with Gasteiger partial charge in [-0.1, -0.05) is 26.0 Å². The van der Waals surface area contributed by atoms with Gasteiger partial charge in [-0.05, 0) is 24.0 Å². The van der Waals surface area contributed by atoms with E-state index in [-0.39, 0.29) is 11.2 Å². The number of hydrogen-bond donors (Lipinski definition) is 0. The SMILES string of the molecule is CC1(C)C=CC(=O)C=CC1. The van der Waals surface area contributed by atoms with Crippen LogP contribution in [0, 0.1) is 5.41 Å². The van der Waals surface area contributed by atoms with Gasteiger partial charge in [0.05, 0.1) is 0 Å². The van der Waals surface area contributed by atoms with Crippen molar-refractivity contribution in [3.63, 3.8) is 0 Å². The summed E-state index contributed by atoms with van der Waals surface area (Å²) in [5.41, 5.74) is 0.155. The van der Waals surface area contributed by atoms with Gasteiger partial charge in [-0.3, -0.25) is 4.79 Å². The summed E-state index contributed by atoms with van der Waals surface area (Å²) in [6.07, 6.45) is 8.13. The molecule has 0 unspecified atom stereocenters. The highest BCUT2D eigenvalue weighted by Gasteiger charge is 2.13. The van der Waals surface area contributed by atoms with E-state index in [1.807, 2.05) is 12.2 Å². The molecule has 1 nitrogen and oxygen atoms in total. The van der Waals surface area contributed by atoms with E-state index < -0.39 is 0 Å². The lowest BCUT2D eigenvalue weighted by Gasteiger charge is -2.15. The molecule has 0 fully saturated rings. The molecule has 0 saturated heterocycles. The molecule has 0 amide bonds. The van der Waals surface area contributed by atoms with Crippen molar-refractivity contribution in [1.29, 1.82) is 0 Å². The predicted molar refractivity (Wildman–Crippen MR) is 41.7 cm³/mol. The third kappa shape index (κ3) is 1.83. The van der Waals surface area contributed by atoms with Crippen molar-refractivity contribution in [2.45, 2.75) is 20.3 Å². The second kappa shape index (κ2) is 2.41. The molecular formula is C9H12O. The van der Waals surface area contributed by atoms with Crippen LogP contribution in [0.1, 0.15) is 20.3 Å². The molecule has 0 radical (unpaired) electrons. The summed E-state index contributed by atoms with van der Waals surface area (Å²) in [5, 5.41) is 0. The molecule has 0 aromatic heterocycles. The third-order valence-corrected chi connectivity index (χ3v) is 1.62. The Balaban J connectivity index is 2.82. The minimum atomic E-state index is 0.102. The van der Waals surface area contributed by atoms with Crippen LogP contribution in [0.25, 0.3) is 0 Å². The Labute approximate surface area is 61.4 Å². The van der Waals surface area contributed by atoms with Gasteiger partial charge in [0.15, 0.2) is 5.78 Å². The van der Waals surface area contributed by atoms with E-state index in [1.54, 1.807) is 12.2 Å². The summed E-state index contributed by atoms with van der Waals surface area (Å²) < 4.78 is 0. The Morgan fingerprint density at radius 2 is 2.10 bits per heavy atom. The fourth-order valence-corrected chi connectivity index (χ4v) is 0.910. The maximum Gasteiger partial charge on any atom is 0.178 e. The number of ketones is 1. The van der Waals surface area contributed by atoms with Crippen LogP contribution < -0.4 is 0 Å². The summed E-state index contributed by atoms with van der Waals surface area (Å²) in [6, 6.07) is 0. The average Bonchev–Trinajstić information content (AvgIpc) is 1.94. The normalized spacial score (nSPS) is 22.8. The molecule has 0 saturated carbocycles.